The SMILES string of the molecule is COC1C(O)OCC2C(O)N3CC4C5CCCC6C(C)C(F)CC(NC4C3C[C@@H]21)C65. The quantitative estimate of drug-likeness (QED) is 0.590. The van der Waals surface area contributed by atoms with Crippen molar-refractivity contribution in [1.29, 1.82) is 0 Å². The van der Waals surface area contributed by atoms with E-state index in [4.69, 9.17) is 9.47 Å². The Balaban J connectivity index is 1.30. The van der Waals surface area contributed by atoms with Crippen LogP contribution in [0.2, 0.25) is 0 Å². The van der Waals surface area contributed by atoms with Crippen LogP contribution in [-0.4, -0.2) is 78.3 Å². The maximum atomic E-state index is 14.9. The van der Waals surface area contributed by atoms with Crippen molar-refractivity contribution in [1.82, 2.24) is 10.2 Å². The number of methoxy groups -OCH3 is 1. The van der Waals surface area contributed by atoms with Crippen LogP contribution in [0.5, 0.6) is 0 Å². The Kier molecular flexibility index (Phi) is 4.98. The molecule has 6 fully saturated rings. The van der Waals surface area contributed by atoms with Gasteiger partial charge in [-0.3, -0.25) is 4.90 Å². The molecule has 0 amide bonds. The molecule has 4 saturated heterocycles. The van der Waals surface area contributed by atoms with E-state index >= 15 is 0 Å². The van der Waals surface area contributed by atoms with E-state index in [1.165, 1.54) is 19.3 Å². The monoisotopic (exact) mass is 424 g/mol. The second-order valence-electron chi connectivity index (χ2n) is 11.1. The van der Waals surface area contributed by atoms with Crippen LogP contribution in [0.3, 0.4) is 0 Å². The minimum Gasteiger partial charge on any atom is -0.378 e. The fourth-order valence-corrected chi connectivity index (χ4v) is 8.83. The molecular formula is C23H37FN2O4. The van der Waals surface area contributed by atoms with Gasteiger partial charge in [0.15, 0.2) is 6.29 Å². The van der Waals surface area contributed by atoms with Crippen LogP contribution in [0, 0.1) is 41.4 Å². The van der Waals surface area contributed by atoms with Crippen molar-refractivity contribution in [2.75, 3.05) is 20.3 Å². The summed E-state index contributed by atoms with van der Waals surface area (Å²) in [5, 5.41) is 25.5. The molecule has 6 aliphatic rings. The van der Waals surface area contributed by atoms with E-state index < -0.39 is 24.8 Å². The predicted molar refractivity (Wildman–Crippen MR) is 108 cm³/mol. The van der Waals surface area contributed by atoms with Gasteiger partial charge >= 0.3 is 0 Å². The first-order valence-electron chi connectivity index (χ1n) is 12.2. The highest BCUT2D eigenvalue weighted by atomic mass is 19.1. The summed E-state index contributed by atoms with van der Waals surface area (Å²) in [5.41, 5.74) is 0. The second kappa shape index (κ2) is 7.35. The molecule has 170 valence electrons. The van der Waals surface area contributed by atoms with Gasteiger partial charge in [-0.1, -0.05) is 13.3 Å². The first kappa shape index (κ1) is 20.3. The smallest absolute Gasteiger partial charge is 0.181 e. The minimum atomic E-state index is -0.929. The fourth-order valence-electron chi connectivity index (χ4n) is 8.83. The molecule has 4 heterocycles. The van der Waals surface area contributed by atoms with Gasteiger partial charge in [0.2, 0.25) is 0 Å². The van der Waals surface area contributed by atoms with Gasteiger partial charge in [-0.2, -0.15) is 0 Å². The molecule has 0 aromatic heterocycles. The molecule has 4 aliphatic heterocycles. The van der Waals surface area contributed by atoms with Crippen molar-refractivity contribution < 1.29 is 24.1 Å². The van der Waals surface area contributed by atoms with Crippen LogP contribution in [0.4, 0.5) is 4.39 Å². The van der Waals surface area contributed by atoms with Crippen LogP contribution in [-0.2, 0) is 9.47 Å². The topological polar surface area (TPSA) is 74.2 Å². The van der Waals surface area contributed by atoms with E-state index in [2.05, 4.69) is 17.1 Å². The lowest BCUT2D eigenvalue weighted by atomic mass is 9.54. The average molecular weight is 425 g/mol. The third-order valence-electron chi connectivity index (χ3n) is 10.2. The Morgan fingerprint density at radius 3 is 2.67 bits per heavy atom. The number of halogens is 1. The number of aliphatic hydroxyl groups is 2. The van der Waals surface area contributed by atoms with Gasteiger partial charge in [-0.05, 0) is 55.3 Å². The lowest BCUT2D eigenvalue weighted by Gasteiger charge is -2.57. The molecule has 3 N–H and O–H groups in total. The van der Waals surface area contributed by atoms with Crippen molar-refractivity contribution in [3.05, 3.63) is 0 Å². The summed E-state index contributed by atoms with van der Waals surface area (Å²) in [6.45, 7) is 3.42. The Labute approximate surface area is 178 Å². The van der Waals surface area contributed by atoms with Crippen LogP contribution >= 0.6 is 0 Å². The molecule has 30 heavy (non-hydrogen) atoms. The zero-order valence-electron chi connectivity index (χ0n) is 18.1. The fraction of sp³-hybridized carbons (Fsp3) is 1.00. The first-order chi connectivity index (χ1) is 14.5. The van der Waals surface area contributed by atoms with Gasteiger partial charge in [0.25, 0.3) is 0 Å². The van der Waals surface area contributed by atoms with Crippen molar-refractivity contribution in [3.63, 3.8) is 0 Å². The number of nitrogens with one attached hydrogen (secondary N) is 1. The van der Waals surface area contributed by atoms with E-state index in [9.17, 15) is 14.6 Å². The van der Waals surface area contributed by atoms with Gasteiger partial charge in [-0.15, -0.1) is 0 Å². The van der Waals surface area contributed by atoms with Crippen LogP contribution in [0.15, 0.2) is 0 Å². The van der Waals surface area contributed by atoms with Crippen LogP contribution < -0.4 is 5.32 Å². The standard InChI is InChI=1S/C23H37FN2O4/c1-10-11-4-3-5-12-14-8-26-18(20(14)25-17(19(11)12)7-16(10)24)6-13-15(22(26)27)9-30-23(28)21(13)29-2/h10-23,25,27-28H,3-9H2,1-2H3/t10?,11?,12?,13-,14?,15?,16?,17?,18?,19?,20?,21?,22?,23?/m0/s1. The number of piperidine rings is 2. The number of nitrogens with zero attached hydrogens (tertiary/aromatic N) is 1. The van der Waals surface area contributed by atoms with E-state index in [-0.39, 0.29) is 29.8 Å². The van der Waals surface area contributed by atoms with E-state index in [0.717, 1.165) is 13.0 Å². The minimum absolute atomic E-state index is 0.0358. The van der Waals surface area contributed by atoms with E-state index in [1.54, 1.807) is 7.11 Å². The Bertz CT molecular complexity index is 669. The summed E-state index contributed by atoms with van der Waals surface area (Å²) in [6, 6.07) is 0.776. The van der Waals surface area contributed by atoms with E-state index in [1.807, 2.05) is 0 Å². The van der Waals surface area contributed by atoms with Gasteiger partial charge in [-0.25, -0.2) is 4.39 Å². The molecule has 0 aromatic rings. The molecule has 7 heteroatoms. The number of rotatable bonds is 1. The van der Waals surface area contributed by atoms with Crippen molar-refractivity contribution in [2.45, 2.75) is 81.9 Å². The third-order valence-corrected chi connectivity index (χ3v) is 10.2. The summed E-state index contributed by atoms with van der Waals surface area (Å²) >= 11 is 0. The highest BCUT2D eigenvalue weighted by molar-refractivity contribution is 5.14. The van der Waals surface area contributed by atoms with Gasteiger partial charge in [0.1, 0.15) is 18.5 Å². The lowest BCUT2D eigenvalue weighted by molar-refractivity contribution is -0.268. The maximum Gasteiger partial charge on any atom is 0.181 e. The molecule has 0 radical (unpaired) electrons. The number of aliphatic hydroxyl groups excluding tert-OH is 2. The summed E-state index contributed by atoms with van der Waals surface area (Å²) < 4.78 is 26.0. The van der Waals surface area contributed by atoms with Crippen molar-refractivity contribution in [2.24, 2.45) is 41.4 Å². The third kappa shape index (κ3) is 2.75. The number of hydrogen-bond acceptors (Lipinski definition) is 6. The average Bonchev–Trinajstić information content (AvgIpc) is 3.11. The Morgan fingerprint density at radius 2 is 1.87 bits per heavy atom. The number of hydrogen-bond donors (Lipinski definition) is 3. The summed E-state index contributed by atoms with van der Waals surface area (Å²) in [6.07, 6.45) is 2.54. The summed E-state index contributed by atoms with van der Waals surface area (Å²) in [5.74, 6) is 2.45. The normalized spacial score (nSPS) is 60.3. The highest BCUT2D eigenvalue weighted by Gasteiger charge is 2.62. The second-order valence-corrected chi connectivity index (χ2v) is 11.1. The molecule has 13 unspecified atom stereocenters. The number of ether oxygens (including phenoxy) is 2. The molecular weight excluding hydrogens is 387 g/mol. The molecule has 14 atom stereocenters. The molecule has 0 spiro atoms. The summed E-state index contributed by atoms with van der Waals surface area (Å²) in [7, 11) is 1.62. The molecule has 2 saturated carbocycles. The zero-order chi connectivity index (χ0) is 20.7. The van der Waals surface area contributed by atoms with Crippen molar-refractivity contribution in [3.8, 4) is 0 Å². The van der Waals surface area contributed by atoms with E-state index in [0.29, 0.717) is 42.7 Å². The Hall–Kier alpha value is -0.310. The molecule has 2 aliphatic carbocycles. The molecule has 0 bridgehead atoms. The first-order valence-corrected chi connectivity index (χ1v) is 12.2. The van der Waals surface area contributed by atoms with Gasteiger partial charge in [0, 0.05) is 43.6 Å². The van der Waals surface area contributed by atoms with Crippen LogP contribution in [0.1, 0.15) is 39.0 Å². The lowest BCUT2D eigenvalue weighted by Crippen LogP contribution is -2.66. The predicted octanol–water partition coefficient (Wildman–Crippen LogP) is 1.36. The molecule has 6 rings (SSSR count). The highest BCUT2D eigenvalue weighted by Crippen LogP contribution is 2.56. The number of alkyl halides is 1. The zero-order valence-corrected chi connectivity index (χ0v) is 18.1. The van der Waals surface area contributed by atoms with Crippen molar-refractivity contribution >= 4 is 0 Å². The molecule has 0 aromatic carbocycles. The summed E-state index contributed by atoms with van der Waals surface area (Å²) in [4.78, 5) is 2.30. The van der Waals surface area contributed by atoms with Crippen LogP contribution in [0.25, 0.3) is 0 Å². The maximum absolute atomic E-state index is 14.9. The molecule has 6 nitrogen and oxygen atoms in total. The van der Waals surface area contributed by atoms with Gasteiger partial charge < -0.3 is 25.0 Å². The Morgan fingerprint density at radius 1 is 1.07 bits per heavy atom. The number of fused-ring (bicyclic) bond motifs is 5. The van der Waals surface area contributed by atoms with Gasteiger partial charge in [0.05, 0.1) is 6.61 Å². The largest absolute Gasteiger partial charge is 0.378 e.